The average Bonchev–Trinajstić information content (AvgIpc) is 2.70. The molecule has 2 aromatic rings. The second-order valence-electron chi connectivity index (χ2n) is 5.73. The van der Waals surface area contributed by atoms with E-state index in [1.165, 1.54) is 7.11 Å². The highest BCUT2D eigenvalue weighted by Crippen LogP contribution is 2.40. The zero-order valence-electron chi connectivity index (χ0n) is 16.3. The summed E-state index contributed by atoms with van der Waals surface area (Å²) in [5.41, 5.74) is 8.19. The van der Waals surface area contributed by atoms with Gasteiger partial charge in [0.2, 0.25) is 5.75 Å². The maximum absolute atomic E-state index is 12.9. The second-order valence-corrected chi connectivity index (χ2v) is 5.73. The minimum atomic E-state index is -0.108. The minimum absolute atomic E-state index is 0.108. The van der Waals surface area contributed by atoms with E-state index in [1.54, 1.807) is 51.7 Å². The molecule has 0 saturated carbocycles. The lowest BCUT2D eigenvalue weighted by atomic mass is 9.98. The number of nitrogens with two attached hydrogens (primary N) is 1. The molecule has 0 aromatic heterocycles. The topological polar surface area (TPSA) is 80.0 Å². The van der Waals surface area contributed by atoms with Crippen molar-refractivity contribution in [3.63, 3.8) is 0 Å². The molecule has 27 heavy (non-hydrogen) atoms. The Labute approximate surface area is 159 Å². The van der Waals surface area contributed by atoms with Crippen molar-refractivity contribution in [2.24, 2.45) is 0 Å². The monoisotopic (exact) mass is 371 g/mol. The Balaban J connectivity index is 2.49. The van der Waals surface area contributed by atoms with Gasteiger partial charge >= 0.3 is 0 Å². The summed E-state index contributed by atoms with van der Waals surface area (Å²) < 4.78 is 21.3. The number of carbonyl (C=O) groups excluding carboxylic acids is 1. The standard InChI is InChI=1S/C21H25NO5/c1-6-13(19(23)14-7-9-17(24-2)16(22)12-14)11-15-8-10-18(25-3)21(27-5)20(15)26-4/h7-12H,6,22H2,1-5H3. The zero-order chi connectivity index (χ0) is 20.0. The number of allylic oxidation sites excluding steroid dienone is 1. The molecule has 0 aliphatic heterocycles. The van der Waals surface area contributed by atoms with E-state index in [-0.39, 0.29) is 5.78 Å². The number of carbonyl (C=O) groups is 1. The normalized spacial score (nSPS) is 11.1. The minimum Gasteiger partial charge on any atom is -0.495 e. The molecule has 2 aromatic carbocycles. The fourth-order valence-electron chi connectivity index (χ4n) is 2.81. The molecule has 0 spiro atoms. The van der Waals surface area contributed by atoms with Crippen LogP contribution in [0.4, 0.5) is 5.69 Å². The van der Waals surface area contributed by atoms with Crippen molar-refractivity contribution in [3.8, 4) is 23.0 Å². The molecule has 0 fully saturated rings. The molecule has 0 radical (unpaired) electrons. The van der Waals surface area contributed by atoms with Gasteiger partial charge in [0.1, 0.15) is 5.75 Å². The smallest absolute Gasteiger partial charge is 0.203 e. The van der Waals surface area contributed by atoms with E-state index in [2.05, 4.69) is 0 Å². The lowest BCUT2D eigenvalue weighted by Gasteiger charge is -2.15. The quantitative estimate of drug-likeness (QED) is 0.429. The Hall–Kier alpha value is -3.15. The Morgan fingerprint density at radius 2 is 1.56 bits per heavy atom. The SMILES string of the molecule is CCC(=Cc1ccc(OC)c(OC)c1OC)C(=O)c1ccc(OC)c(N)c1. The van der Waals surface area contributed by atoms with Crippen LogP contribution in [0.3, 0.4) is 0 Å². The number of benzene rings is 2. The van der Waals surface area contributed by atoms with Gasteiger partial charge in [-0.05, 0) is 42.8 Å². The molecule has 0 unspecified atom stereocenters. The highest BCUT2D eigenvalue weighted by Gasteiger charge is 2.17. The fraction of sp³-hybridized carbons (Fsp3) is 0.286. The average molecular weight is 371 g/mol. The van der Waals surface area contributed by atoms with Gasteiger partial charge in [0.05, 0.1) is 34.1 Å². The van der Waals surface area contributed by atoms with Crippen LogP contribution in [0.15, 0.2) is 35.9 Å². The number of anilines is 1. The third-order valence-electron chi connectivity index (χ3n) is 4.23. The number of nitrogen functional groups attached to an aromatic ring is 1. The molecule has 6 heteroatoms. The Morgan fingerprint density at radius 1 is 0.926 bits per heavy atom. The van der Waals surface area contributed by atoms with Crippen molar-refractivity contribution in [1.29, 1.82) is 0 Å². The van der Waals surface area contributed by atoms with Crippen LogP contribution in [0.25, 0.3) is 6.08 Å². The summed E-state index contributed by atoms with van der Waals surface area (Å²) in [5, 5.41) is 0. The first-order chi connectivity index (χ1) is 13.0. The lowest BCUT2D eigenvalue weighted by molar-refractivity contribution is 0.103. The maximum Gasteiger partial charge on any atom is 0.203 e. The first-order valence-corrected chi connectivity index (χ1v) is 8.48. The van der Waals surface area contributed by atoms with Crippen LogP contribution < -0.4 is 24.7 Å². The summed E-state index contributed by atoms with van der Waals surface area (Å²) in [5.74, 6) is 1.97. The first-order valence-electron chi connectivity index (χ1n) is 8.48. The molecule has 0 aliphatic carbocycles. The van der Waals surface area contributed by atoms with Gasteiger partial charge in [0.25, 0.3) is 0 Å². The van der Waals surface area contributed by atoms with Crippen molar-refractivity contribution in [2.75, 3.05) is 34.2 Å². The second kappa shape index (κ2) is 8.98. The number of ether oxygens (including phenoxy) is 4. The highest BCUT2D eigenvalue weighted by atomic mass is 16.5. The van der Waals surface area contributed by atoms with Gasteiger partial charge < -0.3 is 24.7 Å². The predicted molar refractivity (Wildman–Crippen MR) is 106 cm³/mol. The Bertz CT molecular complexity index is 858. The van der Waals surface area contributed by atoms with Gasteiger partial charge in [-0.3, -0.25) is 4.79 Å². The van der Waals surface area contributed by atoms with Crippen LogP contribution in [0.1, 0.15) is 29.3 Å². The van der Waals surface area contributed by atoms with Crippen molar-refractivity contribution in [2.45, 2.75) is 13.3 Å². The van der Waals surface area contributed by atoms with E-state index in [0.717, 1.165) is 5.56 Å². The van der Waals surface area contributed by atoms with Crippen molar-refractivity contribution < 1.29 is 23.7 Å². The van der Waals surface area contributed by atoms with E-state index in [4.69, 9.17) is 24.7 Å². The van der Waals surface area contributed by atoms with Gasteiger partial charge in [-0.2, -0.15) is 0 Å². The van der Waals surface area contributed by atoms with Crippen LogP contribution in [0.5, 0.6) is 23.0 Å². The van der Waals surface area contributed by atoms with Gasteiger partial charge in [-0.1, -0.05) is 6.92 Å². The fourth-order valence-corrected chi connectivity index (χ4v) is 2.81. The third-order valence-corrected chi connectivity index (χ3v) is 4.23. The van der Waals surface area contributed by atoms with Gasteiger partial charge in [-0.25, -0.2) is 0 Å². The number of rotatable bonds is 8. The predicted octanol–water partition coefficient (Wildman–Crippen LogP) is 3.98. The van der Waals surface area contributed by atoms with E-state index in [0.29, 0.717) is 46.2 Å². The molecule has 0 saturated heterocycles. The van der Waals surface area contributed by atoms with Crippen LogP contribution in [-0.4, -0.2) is 34.2 Å². The third kappa shape index (κ3) is 4.16. The van der Waals surface area contributed by atoms with Gasteiger partial charge in [0, 0.05) is 16.7 Å². The summed E-state index contributed by atoms with van der Waals surface area (Å²) in [6.45, 7) is 1.92. The summed E-state index contributed by atoms with van der Waals surface area (Å²) in [4.78, 5) is 12.9. The zero-order valence-corrected chi connectivity index (χ0v) is 16.3. The molecule has 0 heterocycles. The number of ketones is 1. The summed E-state index contributed by atoms with van der Waals surface area (Å²) in [6, 6.07) is 8.61. The van der Waals surface area contributed by atoms with E-state index < -0.39 is 0 Å². The number of hydrogen-bond acceptors (Lipinski definition) is 6. The first kappa shape index (κ1) is 20.2. The van der Waals surface area contributed by atoms with Crippen LogP contribution in [0, 0.1) is 0 Å². The van der Waals surface area contributed by atoms with Crippen LogP contribution >= 0.6 is 0 Å². The van der Waals surface area contributed by atoms with Crippen LogP contribution in [-0.2, 0) is 0 Å². The van der Waals surface area contributed by atoms with Crippen molar-refractivity contribution in [3.05, 3.63) is 47.0 Å². The Kier molecular flexibility index (Phi) is 6.71. The molecule has 0 atom stereocenters. The molecular weight excluding hydrogens is 346 g/mol. The molecule has 6 nitrogen and oxygen atoms in total. The summed E-state index contributed by atoms with van der Waals surface area (Å²) in [7, 11) is 6.18. The summed E-state index contributed by atoms with van der Waals surface area (Å²) >= 11 is 0. The van der Waals surface area contributed by atoms with Crippen LogP contribution in [0.2, 0.25) is 0 Å². The molecule has 2 rings (SSSR count). The van der Waals surface area contributed by atoms with Crippen molar-refractivity contribution >= 4 is 17.5 Å². The number of Topliss-reactive ketones (excluding diaryl/α,β-unsaturated/α-hetero) is 1. The number of hydrogen-bond donors (Lipinski definition) is 1. The Morgan fingerprint density at radius 3 is 2.07 bits per heavy atom. The number of methoxy groups -OCH3 is 4. The highest BCUT2D eigenvalue weighted by molar-refractivity contribution is 6.12. The molecule has 144 valence electrons. The van der Waals surface area contributed by atoms with E-state index in [9.17, 15) is 4.79 Å². The van der Waals surface area contributed by atoms with E-state index in [1.807, 2.05) is 13.0 Å². The molecular formula is C21H25NO5. The van der Waals surface area contributed by atoms with Gasteiger partial charge in [0.15, 0.2) is 17.3 Å². The van der Waals surface area contributed by atoms with E-state index >= 15 is 0 Å². The molecule has 0 amide bonds. The molecule has 0 bridgehead atoms. The molecule has 0 aliphatic rings. The molecule has 2 N–H and O–H groups in total. The summed E-state index contributed by atoms with van der Waals surface area (Å²) in [6.07, 6.45) is 2.34. The maximum atomic E-state index is 12.9. The lowest BCUT2D eigenvalue weighted by Crippen LogP contribution is -2.05. The van der Waals surface area contributed by atoms with Gasteiger partial charge in [-0.15, -0.1) is 0 Å². The van der Waals surface area contributed by atoms with Crippen molar-refractivity contribution in [1.82, 2.24) is 0 Å². The largest absolute Gasteiger partial charge is 0.495 e.